The summed E-state index contributed by atoms with van der Waals surface area (Å²) in [7, 11) is 2.14. The molecule has 0 aromatic heterocycles. The smallest absolute Gasteiger partial charge is 0.217 e. The minimum absolute atomic E-state index is 0.0559. The highest BCUT2D eigenvalue weighted by molar-refractivity contribution is 5.74. The van der Waals surface area contributed by atoms with Gasteiger partial charge in [-0.15, -0.1) is 0 Å². The molecule has 1 heterocycles. The van der Waals surface area contributed by atoms with Crippen LogP contribution >= 0.6 is 0 Å². The van der Waals surface area contributed by atoms with E-state index in [0.717, 1.165) is 32.4 Å². The molecule has 3 heteroatoms. The highest BCUT2D eigenvalue weighted by atomic mass is 16.1. The Morgan fingerprint density at radius 1 is 1.20 bits per heavy atom. The Balaban J connectivity index is 0.000000956. The van der Waals surface area contributed by atoms with E-state index in [0.29, 0.717) is 0 Å². The van der Waals surface area contributed by atoms with Crippen LogP contribution in [0, 0.1) is 0 Å². The second-order valence-corrected chi connectivity index (χ2v) is 5.43. The maximum atomic E-state index is 11.5. The monoisotopic (exact) mass is 276 g/mol. The molecule has 1 aliphatic rings. The molecule has 1 aromatic rings. The fraction of sp³-hybridized carbons (Fsp3) is 0.588. The standard InChI is InChI=1S/C15H22N2O.C2H6/c1-13(18)16-15(8-10-17(2)11-9-15)12-14-6-4-3-5-7-14;1-2/h3-7H,8-12H2,1-2H3,(H,16,18);1-2H3. The molecule has 1 fully saturated rings. The van der Waals surface area contributed by atoms with Gasteiger partial charge in [0.2, 0.25) is 5.91 Å². The molecule has 0 bridgehead atoms. The van der Waals surface area contributed by atoms with Crippen LogP contribution in [0.3, 0.4) is 0 Å². The van der Waals surface area contributed by atoms with Gasteiger partial charge in [-0.05, 0) is 31.9 Å². The maximum Gasteiger partial charge on any atom is 0.217 e. The third kappa shape index (κ3) is 4.97. The Morgan fingerprint density at radius 2 is 1.75 bits per heavy atom. The van der Waals surface area contributed by atoms with E-state index >= 15 is 0 Å². The van der Waals surface area contributed by atoms with Crippen LogP contribution in [0.25, 0.3) is 0 Å². The van der Waals surface area contributed by atoms with Crippen molar-refractivity contribution in [3.05, 3.63) is 35.9 Å². The molecule has 0 aliphatic carbocycles. The van der Waals surface area contributed by atoms with Gasteiger partial charge in [0.25, 0.3) is 0 Å². The SMILES string of the molecule is CC.CC(=O)NC1(Cc2ccccc2)CCN(C)CC1. The number of nitrogens with one attached hydrogen (secondary N) is 1. The lowest BCUT2D eigenvalue weighted by Crippen LogP contribution is -2.55. The molecule has 1 aliphatic heterocycles. The van der Waals surface area contributed by atoms with Gasteiger partial charge < -0.3 is 10.2 Å². The molecule has 0 atom stereocenters. The Labute approximate surface area is 123 Å². The number of rotatable bonds is 3. The third-order valence-corrected chi connectivity index (χ3v) is 3.77. The Kier molecular flexibility index (Phi) is 6.73. The predicted octanol–water partition coefficient (Wildman–Crippen LogP) is 2.86. The zero-order valence-corrected chi connectivity index (χ0v) is 13.3. The van der Waals surface area contributed by atoms with E-state index in [9.17, 15) is 4.79 Å². The van der Waals surface area contributed by atoms with Gasteiger partial charge in [-0.1, -0.05) is 44.2 Å². The number of likely N-dealkylation sites (tertiary alicyclic amines) is 1. The summed E-state index contributed by atoms with van der Waals surface area (Å²) in [6, 6.07) is 10.4. The molecular weight excluding hydrogens is 248 g/mol. The molecular formula is C17H28N2O. The largest absolute Gasteiger partial charge is 0.350 e. The van der Waals surface area contributed by atoms with Crippen LogP contribution in [0.4, 0.5) is 0 Å². The van der Waals surface area contributed by atoms with Crippen LogP contribution in [-0.4, -0.2) is 36.5 Å². The van der Waals surface area contributed by atoms with Crippen molar-refractivity contribution in [2.45, 2.75) is 45.6 Å². The van der Waals surface area contributed by atoms with Crippen molar-refractivity contribution in [1.29, 1.82) is 0 Å². The second-order valence-electron chi connectivity index (χ2n) is 5.43. The molecule has 2 rings (SSSR count). The highest BCUT2D eigenvalue weighted by Gasteiger charge is 2.34. The first-order valence-electron chi connectivity index (χ1n) is 7.61. The van der Waals surface area contributed by atoms with Gasteiger partial charge in [-0.2, -0.15) is 0 Å². The van der Waals surface area contributed by atoms with Gasteiger partial charge in [0.15, 0.2) is 0 Å². The van der Waals surface area contributed by atoms with Gasteiger partial charge in [-0.25, -0.2) is 0 Å². The zero-order valence-electron chi connectivity index (χ0n) is 13.3. The maximum absolute atomic E-state index is 11.5. The van der Waals surface area contributed by atoms with Gasteiger partial charge in [0.1, 0.15) is 0 Å². The van der Waals surface area contributed by atoms with E-state index in [1.807, 2.05) is 19.9 Å². The van der Waals surface area contributed by atoms with E-state index in [1.54, 1.807) is 6.92 Å². The van der Waals surface area contributed by atoms with Gasteiger partial charge in [-0.3, -0.25) is 4.79 Å². The minimum Gasteiger partial charge on any atom is -0.350 e. The lowest BCUT2D eigenvalue weighted by molar-refractivity contribution is -0.121. The molecule has 1 N–H and O–H groups in total. The second kappa shape index (κ2) is 8.05. The van der Waals surface area contributed by atoms with E-state index in [1.165, 1.54) is 5.56 Å². The summed E-state index contributed by atoms with van der Waals surface area (Å²) >= 11 is 0. The number of nitrogens with zero attached hydrogens (tertiary/aromatic N) is 1. The molecule has 0 saturated carbocycles. The highest BCUT2D eigenvalue weighted by Crippen LogP contribution is 2.26. The average Bonchev–Trinajstić information content (AvgIpc) is 2.45. The molecule has 3 nitrogen and oxygen atoms in total. The first-order valence-corrected chi connectivity index (χ1v) is 7.61. The van der Waals surface area contributed by atoms with E-state index < -0.39 is 0 Å². The van der Waals surface area contributed by atoms with Crippen LogP contribution in [0.15, 0.2) is 30.3 Å². The number of carbonyl (C=O) groups is 1. The van der Waals surface area contributed by atoms with E-state index in [-0.39, 0.29) is 11.4 Å². The Morgan fingerprint density at radius 3 is 2.25 bits per heavy atom. The summed E-state index contributed by atoms with van der Waals surface area (Å²) in [4.78, 5) is 13.8. The Bertz CT molecular complexity index is 395. The van der Waals surface area contributed by atoms with Crippen molar-refractivity contribution < 1.29 is 4.79 Å². The molecule has 112 valence electrons. The van der Waals surface area contributed by atoms with Crippen molar-refractivity contribution in [2.24, 2.45) is 0 Å². The van der Waals surface area contributed by atoms with Crippen LogP contribution < -0.4 is 5.32 Å². The molecule has 1 saturated heterocycles. The van der Waals surface area contributed by atoms with Crippen molar-refractivity contribution >= 4 is 5.91 Å². The first-order chi connectivity index (χ1) is 9.60. The topological polar surface area (TPSA) is 32.3 Å². The van der Waals surface area contributed by atoms with Crippen molar-refractivity contribution in [3.63, 3.8) is 0 Å². The number of hydrogen-bond acceptors (Lipinski definition) is 2. The summed E-state index contributed by atoms with van der Waals surface area (Å²) in [5.41, 5.74) is 1.25. The molecule has 0 spiro atoms. The van der Waals surface area contributed by atoms with Gasteiger partial charge in [0, 0.05) is 25.6 Å². The average molecular weight is 276 g/mol. The first kappa shape index (κ1) is 16.7. The zero-order chi connectivity index (χ0) is 15.0. The summed E-state index contributed by atoms with van der Waals surface area (Å²) in [6.45, 7) is 7.71. The summed E-state index contributed by atoms with van der Waals surface area (Å²) < 4.78 is 0. The summed E-state index contributed by atoms with van der Waals surface area (Å²) in [5.74, 6) is 0.0792. The fourth-order valence-corrected chi connectivity index (χ4v) is 2.75. The van der Waals surface area contributed by atoms with E-state index in [4.69, 9.17) is 0 Å². The van der Waals surface area contributed by atoms with Crippen LogP contribution in [0.5, 0.6) is 0 Å². The summed E-state index contributed by atoms with van der Waals surface area (Å²) in [5, 5.41) is 3.20. The fourth-order valence-electron chi connectivity index (χ4n) is 2.75. The number of carbonyl (C=O) groups excluding carboxylic acids is 1. The van der Waals surface area contributed by atoms with Crippen LogP contribution in [0.1, 0.15) is 39.2 Å². The number of amides is 1. The minimum atomic E-state index is -0.0559. The number of piperidine rings is 1. The third-order valence-electron chi connectivity index (χ3n) is 3.77. The van der Waals surface area contributed by atoms with Crippen LogP contribution in [0.2, 0.25) is 0 Å². The Hall–Kier alpha value is -1.35. The molecule has 1 aromatic carbocycles. The normalized spacial score (nSPS) is 17.8. The quantitative estimate of drug-likeness (QED) is 0.920. The van der Waals surface area contributed by atoms with Gasteiger partial charge in [0.05, 0.1) is 0 Å². The number of hydrogen-bond donors (Lipinski definition) is 1. The van der Waals surface area contributed by atoms with Gasteiger partial charge >= 0.3 is 0 Å². The van der Waals surface area contributed by atoms with Crippen molar-refractivity contribution in [2.75, 3.05) is 20.1 Å². The molecule has 0 unspecified atom stereocenters. The van der Waals surface area contributed by atoms with Crippen molar-refractivity contribution in [1.82, 2.24) is 10.2 Å². The number of benzene rings is 1. The summed E-state index contributed by atoms with van der Waals surface area (Å²) in [6.07, 6.45) is 2.98. The molecule has 20 heavy (non-hydrogen) atoms. The predicted molar refractivity (Wildman–Crippen MR) is 84.8 cm³/mol. The van der Waals surface area contributed by atoms with Crippen molar-refractivity contribution in [3.8, 4) is 0 Å². The lowest BCUT2D eigenvalue weighted by Gasteiger charge is -2.41. The molecule has 1 amide bonds. The van der Waals surface area contributed by atoms with Crippen LogP contribution in [-0.2, 0) is 11.2 Å². The molecule has 0 radical (unpaired) electrons. The van der Waals surface area contributed by atoms with E-state index in [2.05, 4.69) is 41.5 Å². The lowest BCUT2D eigenvalue weighted by atomic mass is 9.82.